The van der Waals surface area contributed by atoms with Crippen molar-refractivity contribution in [1.82, 2.24) is 9.62 Å². The number of carbonyl (C=O) groups is 1. The number of hydrogen-bond donors (Lipinski definition) is 1. The second-order valence-electron chi connectivity index (χ2n) is 4.62. The molecule has 1 aromatic rings. The van der Waals surface area contributed by atoms with Crippen LogP contribution in [0.4, 0.5) is 4.79 Å². The summed E-state index contributed by atoms with van der Waals surface area (Å²) < 4.78 is 26.1. The Morgan fingerprint density at radius 2 is 1.81 bits per heavy atom. The van der Waals surface area contributed by atoms with Gasteiger partial charge in [-0.05, 0) is 37.1 Å². The van der Waals surface area contributed by atoms with Gasteiger partial charge in [-0.15, -0.1) is 0 Å². The average Bonchev–Trinajstić information content (AvgIpc) is 2.45. The van der Waals surface area contributed by atoms with Gasteiger partial charge in [0.05, 0.1) is 4.90 Å². The largest absolute Gasteiger partial charge is 0.337 e. The minimum absolute atomic E-state index is 0.0645. The van der Waals surface area contributed by atoms with Crippen LogP contribution in [0, 0.1) is 0 Å². The monoisotopic (exact) mass is 332 g/mol. The Hall–Kier alpha value is -1.27. The van der Waals surface area contributed by atoms with Crippen LogP contribution in [0.1, 0.15) is 33.1 Å². The Labute approximate surface area is 131 Å². The van der Waals surface area contributed by atoms with E-state index in [4.69, 9.17) is 11.6 Å². The lowest BCUT2D eigenvalue weighted by molar-refractivity contribution is 0.222. The Kier molecular flexibility index (Phi) is 6.98. The number of nitrogens with zero attached hydrogens (tertiary/aromatic N) is 1. The molecule has 118 valence electrons. The van der Waals surface area contributed by atoms with Crippen LogP contribution in [-0.4, -0.2) is 31.8 Å². The van der Waals surface area contributed by atoms with Crippen molar-refractivity contribution in [1.29, 1.82) is 0 Å². The van der Waals surface area contributed by atoms with Gasteiger partial charge >= 0.3 is 6.03 Å². The highest BCUT2D eigenvalue weighted by molar-refractivity contribution is 7.89. The quantitative estimate of drug-likeness (QED) is 0.833. The molecule has 0 atom stereocenters. The fraction of sp³-hybridized carbons (Fsp3) is 0.500. The van der Waals surface area contributed by atoms with Crippen LogP contribution < -0.4 is 5.32 Å². The van der Waals surface area contributed by atoms with E-state index in [0.717, 1.165) is 17.1 Å². The lowest BCUT2D eigenvalue weighted by Gasteiger charge is -2.22. The molecule has 0 aliphatic heterocycles. The number of sulfonamides is 1. The second-order valence-corrected chi connectivity index (χ2v) is 6.92. The summed E-state index contributed by atoms with van der Waals surface area (Å²) in [5.74, 6) is 0. The van der Waals surface area contributed by atoms with Crippen LogP contribution in [0.3, 0.4) is 0 Å². The van der Waals surface area contributed by atoms with E-state index < -0.39 is 16.1 Å². The van der Waals surface area contributed by atoms with Gasteiger partial charge in [0.25, 0.3) is 10.0 Å². The minimum atomic E-state index is -3.86. The lowest BCUT2D eigenvalue weighted by Crippen LogP contribution is -2.44. The number of benzene rings is 1. The summed E-state index contributed by atoms with van der Waals surface area (Å²) in [4.78, 5) is 12.2. The van der Waals surface area contributed by atoms with Crippen LogP contribution >= 0.6 is 11.6 Å². The van der Waals surface area contributed by atoms with Crippen molar-refractivity contribution in [2.75, 3.05) is 13.1 Å². The van der Waals surface area contributed by atoms with Crippen molar-refractivity contribution in [3.8, 4) is 0 Å². The van der Waals surface area contributed by atoms with Crippen molar-refractivity contribution < 1.29 is 13.2 Å². The van der Waals surface area contributed by atoms with E-state index in [9.17, 15) is 13.2 Å². The highest BCUT2D eigenvalue weighted by Gasteiger charge is 2.28. The zero-order valence-corrected chi connectivity index (χ0v) is 13.9. The average molecular weight is 333 g/mol. The molecule has 2 amide bonds. The van der Waals surface area contributed by atoms with Gasteiger partial charge in [-0.1, -0.05) is 31.9 Å². The highest BCUT2D eigenvalue weighted by atomic mass is 35.5. The molecule has 1 aromatic carbocycles. The van der Waals surface area contributed by atoms with Gasteiger partial charge in [0.1, 0.15) is 0 Å². The van der Waals surface area contributed by atoms with Gasteiger partial charge in [-0.3, -0.25) is 0 Å². The van der Waals surface area contributed by atoms with Crippen LogP contribution in [0.5, 0.6) is 0 Å². The predicted octanol–water partition coefficient (Wildman–Crippen LogP) is 3.25. The van der Waals surface area contributed by atoms with Gasteiger partial charge in [0, 0.05) is 18.1 Å². The second kappa shape index (κ2) is 8.24. The molecule has 0 aromatic heterocycles. The fourth-order valence-electron chi connectivity index (χ4n) is 1.69. The Bertz CT molecular complexity index is 558. The maximum Gasteiger partial charge on any atom is 0.331 e. The summed E-state index contributed by atoms with van der Waals surface area (Å²) >= 11 is 5.77. The molecule has 1 N–H and O–H groups in total. The molecule has 0 aliphatic rings. The molecule has 21 heavy (non-hydrogen) atoms. The maximum absolute atomic E-state index is 12.6. The van der Waals surface area contributed by atoms with Gasteiger partial charge in [0.15, 0.2) is 0 Å². The normalized spacial score (nSPS) is 11.2. The minimum Gasteiger partial charge on any atom is -0.337 e. The third kappa shape index (κ3) is 4.89. The Morgan fingerprint density at radius 3 is 2.33 bits per heavy atom. The third-order valence-electron chi connectivity index (χ3n) is 2.87. The van der Waals surface area contributed by atoms with Gasteiger partial charge in [0.2, 0.25) is 0 Å². The smallest absolute Gasteiger partial charge is 0.331 e. The molecule has 0 aliphatic carbocycles. The first-order chi connectivity index (χ1) is 9.93. The molecule has 0 saturated carbocycles. The third-order valence-corrected chi connectivity index (χ3v) is 4.92. The molecule has 0 unspecified atom stereocenters. The van der Waals surface area contributed by atoms with Crippen LogP contribution in [-0.2, 0) is 10.0 Å². The number of unbranched alkanes of at least 4 members (excludes halogenated alkanes) is 1. The van der Waals surface area contributed by atoms with Gasteiger partial charge in [-0.2, -0.15) is 0 Å². The summed E-state index contributed by atoms with van der Waals surface area (Å²) in [6.07, 6.45) is 2.16. The van der Waals surface area contributed by atoms with Gasteiger partial charge < -0.3 is 5.32 Å². The number of urea groups is 1. The first kappa shape index (κ1) is 17.8. The van der Waals surface area contributed by atoms with Crippen molar-refractivity contribution in [3.05, 3.63) is 29.3 Å². The SMILES string of the molecule is CCCCN(C(=O)NCCC)S(=O)(=O)c1ccc(Cl)cc1. The molecular formula is C14H21ClN2O3S. The molecule has 5 nitrogen and oxygen atoms in total. The van der Waals surface area contributed by atoms with E-state index in [1.165, 1.54) is 24.3 Å². The van der Waals surface area contributed by atoms with Crippen LogP contribution in [0.2, 0.25) is 5.02 Å². The number of hydrogen-bond acceptors (Lipinski definition) is 3. The van der Waals surface area contributed by atoms with E-state index in [-0.39, 0.29) is 11.4 Å². The summed E-state index contributed by atoms with van der Waals surface area (Å²) in [5.41, 5.74) is 0. The topological polar surface area (TPSA) is 66.5 Å². The number of rotatable bonds is 7. The molecule has 1 rings (SSSR count). The van der Waals surface area contributed by atoms with Gasteiger partial charge in [-0.25, -0.2) is 17.5 Å². The van der Waals surface area contributed by atoms with Crippen LogP contribution in [0.15, 0.2) is 29.2 Å². The summed E-state index contributed by atoms with van der Waals surface area (Å²) in [7, 11) is -3.86. The predicted molar refractivity (Wildman–Crippen MR) is 83.9 cm³/mol. The molecule has 7 heteroatoms. The Balaban J connectivity index is 3.04. The zero-order valence-electron chi connectivity index (χ0n) is 12.3. The van der Waals surface area contributed by atoms with Crippen molar-refractivity contribution in [2.45, 2.75) is 38.0 Å². The van der Waals surface area contributed by atoms with E-state index in [1.54, 1.807) is 0 Å². The van der Waals surface area contributed by atoms with Crippen molar-refractivity contribution in [2.24, 2.45) is 0 Å². The molecule has 0 saturated heterocycles. The standard InChI is InChI=1S/C14H21ClN2O3S/c1-3-5-11-17(14(18)16-10-4-2)21(19,20)13-8-6-12(15)7-9-13/h6-9H,3-5,10-11H2,1-2H3,(H,16,18). The van der Waals surface area contributed by atoms with Crippen LogP contribution in [0.25, 0.3) is 0 Å². The fourth-order valence-corrected chi connectivity index (χ4v) is 3.20. The molecular weight excluding hydrogens is 312 g/mol. The maximum atomic E-state index is 12.6. The summed E-state index contributed by atoms with van der Waals surface area (Å²) in [5, 5.41) is 3.06. The highest BCUT2D eigenvalue weighted by Crippen LogP contribution is 2.19. The molecule has 0 heterocycles. The molecule has 0 spiro atoms. The summed E-state index contributed by atoms with van der Waals surface area (Å²) in [6.45, 7) is 4.45. The molecule has 0 fully saturated rings. The Morgan fingerprint density at radius 1 is 1.19 bits per heavy atom. The number of nitrogens with one attached hydrogen (secondary N) is 1. The van der Waals surface area contributed by atoms with E-state index in [0.29, 0.717) is 18.0 Å². The molecule has 0 bridgehead atoms. The first-order valence-corrected chi connectivity index (χ1v) is 8.81. The molecule has 0 radical (unpaired) electrons. The van der Waals surface area contributed by atoms with E-state index >= 15 is 0 Å². The zero-order chi connectivity index (χ0) is 15.9. The number of carbonyl (C=O) groups excluding carboxylic acids is 1. The van der Waals surface area contributed by atoms with Crippen molar-refractivity contribution in [3.63, 3.8) is 0 Å². The lowest BCUT2D eigenvalue weighted by atomic mass is 10.3. The van der Waals surface area contributed by atoms with E-state index in [2.05, 4.69) is 5.32 Å². The number of amides is 2. The van der Waals surface area contributed by atoms with Crippen molar-refractivity contribution >= 4 is 27.7 Å². The number of halogens is 1. The van der Waals surface area contributed by atoms with E-state index in [1.807, 2.05) is 13.8 Å². The summed E-state index contributed by atoms with van der Waals surface area (Å²) in [6, 6.07) is 5.22. The first-order valence-electron chi connectivity index (χ1n) is 6.99.